The number of benzene rings is 1. The lowest BCUT2D eigenvalue weighted by Crippen LogP contribution is -2.39. The number of halogens is 3. The maximum absolute atomic E-state index is 13.1. The van der Waals surface area contributed by atoms with Crippen molar-refractivity contribution in [2.75, 3.05) is 12.4 Å². The molecule has 0 radical (unpaired) electrons. The maximum Gasteiger partial charge on any atom is 0.392 e. The number of ether oxygens (including phenoxy) is 1. The molecule has 2 rings (SSSR count). The van der Waals surface area contributed by atoms with Crippen LogP contribution in [0.15, 0.2) is 18.2 Å². The van der Waals surface area contributed by atoms with Gasteiger partial charge in [-0.25, -0.2) is 0 Å². The molecule has 132 valence electrons. The molecule has 1 aromatic carbocycles. The fourth-order valence-electron chi connectivity index (χ4n) is 2.97. The molecule has 0 heterocycles. The second kappa shape index (κ2) is 7.06. The Morgan fingerprint density at radius 3 is 2.58 bits per heavy atom. The highest BCUT2D eigenvalue weighted by Gasteiger charge is 2.48. The number of nitro benzene ring substituents is 1. The minimum Gasteiger partial charge on any atom is -0.495 e. The van der Waals surface area contributed by atoms with Crippen molar-refractivity contribution in [3.8, 4) is 5.75 Å². The minimum absolute atomic E-state index is 0.0109. The highest BCUT2D eigenvalue weighted by Crippen LogP contribution is 2.42. The first-order valence-corrected chi connectivity index (χ1v) is 7.44. The second-order valence-corrected chi connectivity index (χ2v) is 5.67. The van der Waals surface area contributed by atoms with E-state index in [1.807, 2.05) is 0 Å². The smallest absolute Gasteiger partial charge is 0.392 e. The Morgan fingerprint density at radius 2 is 2.00 bits per heavy atom. The Labute approximate surface area is 136 Å². The molecule has 1 N–H and O–H groups in total. The third-order valence-electron chi connectivity index (χ3n) is 4.17. The van der Waals surface area contributed by atoms with Crippen molar-refractivity contribution in [3.63, 3.8) is 0 Å². The molecule has 2 atom stereocenters. The van der Waals surface area contributed by atoms with Crippen molar-refractivity contribution in [1.29, 1.82) is 0 Å². The number of hydrogen-bond acceptors (Lipinski definition) is 4. The van der Waals surface area contributed by atoms with Crippen LogP contribution in [-0.4, -0.2) is 24.1 Å². The number of nitro groups is 1. The van der Waals surface area contributed by atoms with Crippen LogP contribution < -0.4 is 10.1 Å². The Bertz CT molecular complexity index is 634. The summed E-state index contributed by atoms with van der Waals surface area (Å²) in [5.74, 6) is -3.55. The highest BCUT2D eigenvalue weighted by atomic mass is 19.4. The Morgan fingerprint density at radius 1 is 1.33 bits per heavy atom. The molecular weight excluding hydrogens is 329 g/mol. The van der Waals surface area contributed by atoms with Crippen molar-refractivity contribution < 1.29 is 27.6 Å². The van der Waals surface area contributed by atoms with E-state index in [4.69, 9.17) is 4.74 Å². The molecule has 0 saturated heterocycles. The summed E-state index contributed by atoms with van der Waals surface area (Å²) in [5, 5.41) is 13.2. The standard InChI is InChI=1S/C15H17F3N2O4/c1-24-13-7-6-9(20(22)23)8-12(13)19-14(21)10-4-2-3-5-11(10)15(16,17)18/h6-8,10-11H,2-5H2,1H3,(H,19,21). The molecule has 6 nitrogen and oxygen atoms in total. The van der Waals surface area contributed by atoms with E-state index >= 15 is 0 Å². The Kier molecular flexibility index (Phi) is 5.30. The largest absolute Gasteiger partial charge is 0.495 e. The van der Waals surface area contributed by atoms with Gasteiger partial charge in [0, 0.05) is 18.1 Å². The zero-order chi connectivity index (χ0) is 17.9. The van der Waals surface area contributed by atoms with E-state index in [1.54, 1.807) is 0 Å². The zero-order valence-corrected chi connectivity index (χ0v) is 12.9. The summed E-state index contributed by atoms with van der Waals surface area (Å²) >= 11 is 0. The first-order chi connectivity index (χ1) is 11.2. The first-order valence-electron chi connectivity index (χ1n) is 7.44. The Balaban J connectivity index is 2.24. The molecule has 1 fully saturated rings. The van der Waals surface area contributed by atoms with Gasteiger partial charge in [0.15, 0.2) is 0 Å². The van der Waals surface area contributed by atoms with Crippen molar-refractivity contribution in [1.82, 2.24) is 0 Å². The fraction of sp³-hybridized carbons (Fsp3) is 0.533. The molecule has 0 aliphatic heterocycles. The van der Waals surface area contributed by atoms with Gasteiger partial charge in [0.05, 0.1) is 23.6 Å². The van der Waals surface area contributed by atoms with Gasteiger partial charge in [-0.1, -0.05) is 12.8 Å². The van der Waals surface area contributed by atoms with Crippen LogP contribution in [0.4, 0.5) is 24.5 Å². The van der Waals surface area contributed by atoms with Crippen molar-refractivity contribution >= 4 is 17.3 Å². The lowest BCUT2D eigenvalue weighted by molar-refractivity contribution is -0.384. The summed E-state index contributed by atoms with van der Waals surface area (Å²) < 4.78 is 44.3. The number of alkyl halides is 3. The SMILES string of the molecule is COc1ccc([N+](=O)[O-])cc1NC(=O)C1CCCCC1C(F)(F)F. The van der Waals surface area contributed by atoms with Crippen LogP contribution in [0, 0.1) is 22.0 Å². The number of methoxy groups -OCH3 is 1. The molecule has 24 heavy (non-hydrogen) atoms. The van der Waals surface area contributed by atoms with Crippen LogP contribution in [0.2, 0.25) is 0 Å². The molecule has 1 saturated carbocycles. The van der Waals surface area contributed by atoms with E-state index in [9.17, 15) is 28.1 Å². The van der Waals surface area contributed by atoms with Gasteiger partial charge in [-0.3, -0.25) is 14.9 Å². The van der Waals surface area contributed by atoms with Gasteiger partial charge in [0.1, 0.15) is 5.75 Å². The number of nitrogens with zero attached hydrogens (tertiary/aromatic N) is 1. The van der Waals surface area contributed by atoms with E-state index in [1.165, 1.54) is 19.2 Å². The molecule has 0 bridgehead atoms. The number of carbonyl (C=O) groups excluding carboxylic acids is 1. The predicted octanol–water partition coefficient (Wildman–Crippen LogP) is 3.91. The topological polar surface area (TPSA) is 81.5 Å². The quantitative estimate of drug-likeness (QED) is 0.662. The van der Waals surface area contributed by atoms with E-state index in [2.05, 4.69) is 5.32 Å². The molecular formula is C15H17F3N2O4. The summed E-state index contributed by atoms with van der Waals surface area (Å²) in [4.78, 5) is 22.5. The lowest BCUT2D eigenvalue weighted by atomic mass is 9.78. The van der Waals surface area contributed by atoms with Gasteiger partial charge < -0.3 is 10.1 Å². The van der Waals surface area contributed by atoms with Crippen LogP contribution in [-0.2, 0) is 4.79 Å². The molecule has 9 heteroatoms. The van der Waals surface area contributed by atoms with Crippen molar-refractivity contribution in [3.05, 3.63) is 28.3 Å². The minimum atomic E-state index is -4.45. The van der Waals surface area contributed by atoms with Crippen LogP contribution >= 0.6 is 0 Å². The molecule has 0 aromatic heterocycles. The molecule has 1 aliphatic carbocycles. The van der Waals surface area contributed by atoms with Crippen molar-refractivity contribution in [2.45, 2.75) is 31.9 Å². The number of hydrogen-bond donors (Lipinski definition) is 1. The van der Waals surface area contributed by atoms with Crippen LogP contribution in [0.1, 0.15) is 25.7 Å². The Hall–Kier alpha value is -2.32. The van der Waals surface area contributed by atoms with Crippen LogP contribution in [0.5, 0.6) is 5.75 Å². The van der Waals surface area contributed by atoms with Crippen LogP contribution in [0.25, 0.3) is 0 Å². The van der Waals surface area contributed by atoms with Crippen molar-refractivity contribution in [2.24, 2.45) is 11.8 Å². The maximum atomic E-state index is 13.1. The summed E-state index contributed by atoms with van der Waals surface area (Å²) in [6, 6.07) is 3.55. The predicted molar refractivity (Wildman–Crippen MR) is 79.8 cm³/mol. The van der Waals surface area contributed by atoms with Gasteiger partial charge in [-0.2, -0.15) is 13.2 Å². The third-order valence-corrected chi connectivity index (χ3v) is 4.17. The molecule has 2 unspecified atom stereocenters. The van der Waals surface area contributed by atoms with E-state index in [0.29, 0.717) is 12.8 Å². The molecule has 1 aliphatic rings. The zero-order valence-electron chi connectivity index (χ0n) is 12.9. The molecule has 1 aromatic rings. The molecule has 0 spiro atoms. The summed E-state index contributed by atoms with van der Waals surface area (Å²) in [6.45, 7) is 0. The monoisotopic (exact) mass is 346 g/mol. The average Bonchev–Trinajstić information content (AvgIpc) is 2.53. The van der Waals surface area contributed by atoms with Gasteiger partial charge in [0.2, 0.25) is 5.91 Å². The van der Waals surface area contributed by atoms with E-state index < -0.39 is 28.8 Å². The third kappa shape index (κ3) is 3.95. The fourth-order valence-corrected chi connectivity index (χ4v) is 2.97. The number of carbonyl (C=O) groups is 1. The lowest BCUT2D eigenvalue weighted by Gasteiger charge is -2.32. The number of amides is 1. The summed E-state index contributed by atoms with van der Waals surface area (Å²) in [6.07, 6.45) is -3.44. The average molecular weight is 346 g/mol. The number of nitrogens with one attached hydrogen (secondary N) is 1. The van der Waals surface area contributed by atoms with Gasteiger partial charge >= 0.3 is 6.18 Å². The number of anilines is 1. The van der Waals surface area contributed by atoms with Gasteiger partial charge in [-0.15, -0.1) is 0 Å². The second-order valence-electron chi connectivity index (χ2n) is 5.67. The summed E-state index contributed by atoms with van der Waals surface area (Å²) in [7, 11) is 1.30. The number of rotatable bonds is 4. The first kappa shape index (κ1) is 18.0. The normalized spacial score (nSPS) is 21.2. The number of non-ortho nitro benzene ring substituents is 1. The van der Waals surface area contributed by atoms with Gasteiger partial charge in [0.25, 0.3) is 5.69 Å². The van der Waals surface area contributed by atoms with E-state index in [0.717, 1.165) is 6.07 Å². The van der Waals surface area contributed by atoms with Gasteiger partial charge in [-0.05, 0) is 18.9 Å². The molecule has 1 amide bonds. The van der Waals surface area contributed by atoms with E-state index in [-0.39, 0.29) is 30.0 Å². The van der Waals surface area contributed by atoms with Crippen LogP contribution in [0.3, 0.4) is 0 Å². The summed E-state index contributed by atoms with van der Waals surface area (Å²) in [5.41, 5.74) is -0.301. The highest BCUT2D eigenvalue weighted by molar-refractivity contribution is 5.94.